The van der Waals surface area contributed by atoms with Crippen LogP contribution in [0.4, 0.5) is 8.78 Å². The minimum absolute atomic E-state index is 0.0287. The first-order chi connectivity index (χ1) is 5.58. The van der Waals surface area contributed by atoms with Gasteiger partial charge < -0.3 is 4.74 Å². The molecule has 0 saturated carbocycles. The van der Waals surface area contributed by atoms with Gasteiger partial charge in [-0.2, -0.15) is 0 Å². The van der Waals surface area contributed by atoms with Gasteiger partial charge in [0.05, 0.1) is 0 Å². The molecule has 0 spiro atoms. The fourth-order valence-electron chi connectivity index (χ4n) is 0.551. The van der Waals surface area contributed by atoms with Gasteiger partial charge in [0.15, 0.2) is 6.61 Å². The van der Waals surface area contributed by atoms with E-state index in [2.05, 4.69) is 14.7 Å². The van der Waals surface area contributed by atoms with Crippen LogP contribution in [0.25, 0.3) is 0 Å². The summed E-state index contributed by atoms with van der Waals surface area (Å²) in [5.41, 5.74) is 0. The van der Waals surface area contributed by atoms with Crippen molar-refractivity contribution in [3.8, 4) is 6.01 Å². The van der Waals surface area contributed by atoms with Gasteiger partial charge in [-0.1, -0.05) is 0 Å². The topological polar surface area (TPSA) is 35.0 Å². The number of halogens is 2. The van der Waals surface area contributed by atoms with Crippen molar-refractivity contribution in [1.29, 1.82) is 0 Å². The molecule has 66 valence electrons. The molecule has 0 atom stereocenters. The van der Waals surface area contributed by atoms with Crippen LogP contribution in [0.15, 0.2) is 18.5 Å². The third kappa shape index (κ3) is 3.23. The zero-order valence-electron chi connectivity index (χ0n) is 6.50. The lowest BCUT2D eigenvalue weighted by molar-refractivity contribution is -0.0256. The standard InChI is InChI=1S/C7H8F2N2O/c1-7(8,9)5-12-6-10-3-2-4-11-6/h2-4H,5H2,1H3. The largest absolute Gasteiger partial charge is 0.457 e. The first-order valence-corrected chi connectivity index (χ1v) is 3.35. The van der Waals surface area contributed by atoms with Crippen molar-refractivity contribution in [2.24, 2.45) is 0 Å². The summed E-state index contributed by atoms with van der Waals surface area (Å²) in [4.78, 5) is 7.23. The second-order valence-corrected chi connectivity index (χ2v) is 2.39. The van der Waals surface area contributed by atoms with Crippen LogP contribution in [-0.2, 0) is 0 Å². The van der Waals surface area contributed by atoms with Gasteiger partial charge in [0.25, 0.3) is 5.92 Å². The van der Waals surface area contributed by atoms with Crippen molar-refractivity contribution in [3.63, 3.8) is 0 Å². The summed E-state index contributed by atoms with van der Waals surface area (Å²) in [7, 11) is 0. The number of nitrogens with zero attached hydrogens (tertiary/aromatic N) is 2. The molecule has 1 aromatic rings. The van der Waals surface area contributed by atoms with Crippen molar-refractivity contribution in [3.05, 3.63) is 18.5 Å². The van der Waals surface area contributed by atoms with Gasteiger partial charge in [0.2, 0.25) is 0 Å². The average Bonchev–Trinajstić information content (AvgIpc) is 2.02. The number of hydrogen-bond donors (Lipinski definition) is 0. The zero-order chi connectivity index (χ0) is 9.03. The van der Waals surface area contributed by atoms with E-state index in [1.807, 2.05) is 0 Å². The van der Waals surface area contributed by atoms with Crippen LogP contribution in [0.3, 0.4) is 0 Å². The van der Waals surface area contributed by atoms with Gasteiger partial charge in [-0.15, -0.1) is 0 Å². The molecule has 5 heteroatoms. The highest BCUT2D eigenvalue weighted by molar-refractivity contribution is 4.93. The molecule has 12 heavy (non-hydrogen) atoms. The second kappa shape index (κ2) is 3.42. The monoisotopic (exact) mass is 174 g/mol. The maximum atomic E-state index is 12.2. The van der Waals surface area contributed by atoms with Gasteiger partial charge in [0, 0.05) is 19.3 Å². The molecule has 0 N–H and O–H groups in total. The Balaban J connectivity index is 2.44. The Morgan fingerprint density at radius 3 is 2.50 bits per heavy atom. The lowest BCUT2D eigenvalue weighted by Crippen LogP contribution is -2.21. The molecule has 1 rings (SSSR count). The highest BCUT2D eigenvalue weighted by Gasteiger charge is 2.22. The minimum atomic E-state index is -2.85. The predicted molar refractivity (Wildman–Crippen MR) is 38.1 cm³/mol. The number of hydrogen-bond acceptors (Lipinski definition) is 3. The summed E-state index contributed by atoms with van der Waals surface area (Å²) in [5.74, 6) is -2.85. The third-order valence-corrected chi connectivity index (χ3v) is 0.997. The molecule has 0 fully saturated rings. The Hall–Kier alpha value is -1.26. The summed E-state index contributed by atoms with van der Waals surface area (Å²) < 4.78 is 29.1. The highest BCUT2D eigenvalue weighted by Crippen LogP contribution is 2.12. The van der Waals surface area contributed by atoms with Crippen molar-refractivity contribution in [2.45, 2.75) is 12.8 Å². The summed E-state index contributed by atoms with van der Waals surface area (Å²) >= 11 is 0. The van der Waals surface area contributed by atoms with Crippen LogP contribution in [0.5, 0.6) is 6.01 Å². The molecular formula is C7H8F2N2O. The molecule has 0 aliphatic rings. The molecule has 0 bridgehead atoms. The van der Waals surface area contributed by atoms with Crippen LogP contribution in [0.1, 0.15) is 6.92 Å². The molecule has 1 heterocycles. The van der Waals surface area contributed by atoms with Gasteiger partial charge in [0.1, 0.15) is 0 Å². The van der Waals surface area contributed by atoms with E-state index in [0.717, 1.165) is 6.92 Å². The third-order valence-electron chi connectivity index (χ3n) is 0.997. The van der Waals surface area contributed by atoms with E-state index in [1.54, 1.807) is 6.07 Å². The number of rotatable bonds is 3. The van der Waals surface area contributed by atoms with Gasteiger partial charge in [-0.05, 0) is 6.07 Å². The summed E-state index contributed by atoms with van der Waals surface area (Å²) in [5, 5.41) is 0. The Labute approximate surface area is 68.4 Å². The Bertz CT molecular complexity index is 235. The van der Waals surface area contributed by atoms with Crippen LogP contribution in [0, 0.1) is 0 Å². The molecule has 0 aromatic carbocycles. The zero-order valence-corrected chi connectivity index (χ0v) is 6.50. The first kappa shape index (κ1) is 8.83. The van der Waals surface area contributed by atoms with E-state index in [9.17, 15) is 8.78 Å². The minimum Gasteiger partial charge on any atom is -0.457 e. The number of aromatic nitrogens is 2. The highest BCUT2D eigenvalue weighted by atomic mass is 19.3. The molecule has 0 amide bonds. The average molecular weight is 174 g/mol. The van der Waals surface area contributed by atoms with E-state index in [4.69, 9.17) is 0 Å². The Kier molecular flexibility index (Phi) is 2.52. The SMILES string of the molecule is CC(F)(F)COc1ncccn1. The van der Waals surface area contributed by atoms with Crippen LogP contribution >= 0.6 is 0 Å². The molecule has 0 saturated heterocycles. The molecule has 3 nitrogen and oxygen atoms in total. The maximum Gasteiger partial charge on any atom is 0.316 e. The van der Waals surface area contributed by atoms with Crippen molar-refractivity contribution < 1.29 is 13.5 Å². The quantitative estimate of drug-likeness (QED) is 0.696. The van der Waals surface area contributed by atoms with E-state index in [-0.39, 0.29) is 6.01 Å². The molecule has 0 radical (unpaired) electrons. The normalized spacial score (nSPS) is 11.2. The predicted octanol–water partition coefficient (Wildman–Crippen LogP) is 1.51. The van der Waals surface area contributed by atoms with Gasteiger partial charge in [-0.3, -0.25) is 0 Å². The molecule has 0 aliphatic heterocycles. The smallest absolute Gasteiger partial charge is 0.316 e. The fraction of sp³-hybridized carbons (Fsp3) is 0.429. The van der Waals surface area contributed by atoms with E-state index in [0.29, 0.717) is 0 Å². The van der Waals surface area contributed by atoms with Crippen molar-refractivity contribution in [1.82, 2.24) is 9.97 Å². The van der Waals surface area contributed by atoms with Crippen LogP contribution in [-0.4, -0.2) is 22.5 Å². The fourth-order valence-corrected chi connectivity index (χ4v) is 0.551. The Morgan fingerprint density at radius 1 is 1.42 bits per heavy atom. The summed E-state index contributed by atoms with van der Waals surface area (Å²) in [6.07, 6.45) is 2.85. The summed E-state index contributed by atoms with van der Waals surface area (Å²) in [6.45, 7) is 0.0763. The summed E-state index contributed by atoms with van der Waals surface area (Å²) in [6, 6.07) is 1.55. The molecule has 1 aromatic heterocycles. The molecule has 0 aliphatic carbocycles. The first-order valence-electron chi connectivity index (χ1n) is 3.35. The number of ether oxygens (including phenoxy) is 1. The van der Waals surface area contributed by atoms with Crippen LogP contribution < -0.4 is 4.74 Å². The number of alkyl halides is 2. The molecular weight excluding hydrogens is 166 g/mol. The van der Waals surface area contributed by atoms with E-state index < -0.39 is 12.5 Å². The maximum absolute atomic E-state index is 12.2. The second-order valence-electron chi connectivity index (χ2n) is 2.39. The van der Waals surface area contributed by atoms with E-state index in [1.165, 1.54) is 12.4 Å². The Morgan fingerprint density at radius 2 is 2.00 bits per heavy atom. The van der Waals surface area contributed by atoms with E-state index >= 15 is 0 Å². The van der Waals surface area contributed by atoms with Gasteiger partial charge >= 0.3 is 6.01 Å². The van der Waals surface area contributed by atoms with Gasteiger partial charge in [-0.25, -0.2) is 18.7 Å². The van der Waals surface area contributed by atoms with Crippen molar-refractivity contribution in [2.75, 3.05) is 6.61 Å². The lowest BCUT2D eigenvalue weighted by atomic mass is 10.4. The lowest BCUT2D eigenvalue weighted by Gasteiger charge is -2.09. The van der Waals surface area contributed by atoms with Crippen molar-refractivity contribution >= 4 is 0 Å². The van der Waals surface area contributed by atoms with Crippen LogP contribution in [0.2, 0.25) is 0 Å². The molecule has 0 unspecified atom stereocenters.